The maximum atomic E-state index is 12.8. The Morgan fingerprint density at radius 2 is 2.04 bits per heavy atom. The maximum absolute atomic E-state index is 12.8. The number of allylic oxidation sites excluding steroid dienone is 3. The second-order valence-corrected chi connectivity index (χ2v) is 6.87. The van der Waals surface area contributed by atoms with Crippen molar-refractivity contribution in [1.82, 2.24) is 4.90 Å². The van der Waals surface area contributed by atoms with Gasteiger partial charge in [0.2, 0.25) is 0 Å². The van der Waals surface area contributed by atoms with E-state index in [4.69, 9.17) is 4.74 Å². The Bertz CT molecular complexity index is 794. The van der Waals surface area contributed by atoms with Crippen LogP contribution in [-0.4, -0.2) is 42.3 Å². The highest BCUT2D eigenvalue weighted by molar-refractivity contribution is 8.18. The molecule has 0 bridgehead atoms. The molecule has 26 heavy (non-hydrogen) atoms. The minimum Gasteiger partial charge on any atom is -0.378 e. The Morgan fingerprint density at radius 1 is 1.31 bits per heavy atom. The van der Waals surface area contributed by atoms with Crippen molar-refractivity contribution in [2.75, 3.05) is 26.3 Å². The summed E-state index contributed by atoms with van der Waals surface area (Å²) in [5.74, 6) is -0.329. The van der Waals surface area contributed by atoms with Crippen molar-refractivity contribution >= 4 is 28.4 Å². The van der Waals surface area contributed by atoms with Gasteiger partial charge in [-0.15, -0.1) is 0 Å². The molecule has 1 saturated heterocycles. The highest BCUT2D eigenvalue weighted by Gasteiger charge is 2.30. The molecule has 4 nitrogen and oxygen atoms in total. The number of hydrogen-bond donors (Lipinski definition) is 0. The van der Waals surface area contributed by atoms with Gasteiger partial charge in [0.05, 0.1) is 23.7 Å². The largest absolute Gasteiger partial charge is 0.416 e. The molecule has 1 amide bonds. The number of amidine groups is 1. The van der Waals surface area contributed by atoms with E-state index in [2.05, 4.69) is 4.99 Å². The average Bonchev–Trinajstić information content (AvgIpc) is 3.00. The summed E-state index contributed by atoms with van der Waals surface area (Å²) in [5, 5.41) is 0.648. The monoisotopic (exact) mass is 382 g/mol. The van der Waals surface area contributed by atoms with Crippen LogP contribution in [0.3, 0.4) is 0 Å². The second-order valence-electron chi connectivity index (χ2n) is 5.86. The standard InChI is InChI=1S/C18H17F3N2O2S/c1-12(13-3-2-4-14(11-13)18(19,20)21)5-6-15-16(24)22-17(26-15)23-7-9-25-10-8-23/h2-6,11H,7-10H2,1H3. The van der Waals surface area contributed by atoms with Crippen LogP contribution in [0.25, 0.3) is 5.57 Å². The van der Waals surface area contributed by atoms with Gasteiger partial charge in [0, 0.05) is 13.1 Å². The number of carbonyl (C=O) groups is 1. The molecule has 2 aliphatic rings. The molecular weight excluding hydrogens is 365 g/mol. The van der Waals surface area contributed by atoms with E-state index in [-0.39, 0.29) is 5.91 Å². The SMILES string of the molecule is CC(=CC=C1SC(N2CCOCC2)=NC1=O)c1cccc(C(F)(F)F)c1. The first-order chi connectivity index (χ1) is 12.3. The third kappa shape index (κ3) is 4.37. The number of morpholine rings is 1. The van der Waals surface area contributed by atoms with Crippen molar-refractivity contribution in [3.63, 3.8) is 0 Å². The lowest BCUT2D eigenvalue weighted by atomic mass is 10.0. The molecule has 0 unspecified atom stereocenters. The molecule has 2 heterocycles. The van der Waals surface area contributed by atoms with E-state index in [0.717, 1.165) is 12.1 Å². The van der Waals surface area contributed by atoms with E-state index in [1.165, 1.54) is 17.8 Å². The first kappa shape index (κ1) is 18.7. The molecule has 2 aliphatic heterocycles. The average molecular weight is 382 g/mol. The zero-order chi connectivity index (χ0) is 18.7. The van der Waals surface area contributed by atoms with E-state index >= 15 is 0 Å². The number of hydrogen-bond acceptors (Lipinski definition) is 4. The Morgan fingerprint density at radius 3 is 2.73 bits per heavy atom. The number of ether oxygens (including phenoxy) is 1. The van der Waals surface area contributed by atoms with E-state index < -0.39 is 11.7 Å². The normalized spacial score (nSPS) is 20.7. The van der Waals surface area contributed by atoms with Crippen molar-refractivity contribution < 1.29 is 22.7 Å². The Kier molecular flexibility index (Phi) is 5.52. The molecule has 0 N–H and O–H groups in total. The van der Waals surface area contributed by atoms with Crippen molar-refractivity contribution in [2.24, 2.45) is 4.99 Å². The highest BCUT2D eigenvalue weighted by Crippen LogP contribution is 2.32. The van der Waals surface area contributed by atoms with Gasteiger partial charge in [0.1, 0.15) is 0 Å². The Balaban J connectivity index is 1.73. The molecule has 1 aromatic rings. The van der Waals surface area contributed by atoms with Gasteiger partial charge in [-0.2, -0.15) is 18.2 Å². The van der Waals surface area contributed by atoms with Crippen LogP contribution in [0.2, 0.25) is 0 Å². The number of benzene rings is 1. The lowest BCUT2D eigenvalue weighted by molar-refractivity contribution is -0.137. The number of amides is 1. The zero-order valence-corrected chi connectivity index (χ0v) is 14.9. The predicted molar refractivity (Wildman–Crippen MR) is 95.6 cm³/mol. The van der Waals surface area contributed by atoms with Gasteiger partial charge in [0.25, 0.3) is 5.91 Å². The second kappa shape index (κ2) is 7.67. The zero-order valence-electron chi connectivity index (χ0n) is 14.0. The van der Waals surface area contributed by atoms with Crippen molar-refractivity contribution in [3.05, 3.63) is 52.4 Å². The Labute approximate surface area is 153 Å². The molecule has 3 rings (SSSR count). The summed E-state index contributed by atoms with van der Waals surface area (Å²) in [5.41, 5.74) is 0.401. The summed E-state index contributed by atoms with van der Waals surface area (Å²) in [6, 6.07) is 5.12. The van der Waals surface area contributed by atoms with E-state index in [9.17, 15) is 18.0 Å². The van der Waals surface area contributed by atoms with Crippen molar-refractivity contribution in [3.8, 4) is 0 Å². The topological polar surface area (TPSA) is 41.9 Å². The van der Waals surface area contributed by atoms with Crippen molar-refractivity contribution in [2.45, 2.75) is 13.1 Å². The van der Waals surface area contributed by atoms with Crippen LogP contribution in [0.15, 0.2) is 46.3 Å². The number of nitrogens with zero attached hydrogens (tertiary/aromatic N) is 2. The van der Waals surface area contributed by atoms with Gasteiger partial charge in [-0.1, -0.05) is 18.2 Å². The van der Waals surface area contributed by atoms with Crippen molar-refractivity contribution in [1.29, 1.82) is 0 Å². The minimum absolute atomic E-state index is 0.329. The number of thioether (sulfide) groups is 1. The Hall–Kier alpha value is -2.06. The molecule has 0 aliphatic carbocycles. The summed E-state index contributed by atoms with van der Waals surface area (Å²) < 4.78 is 43.8. The molecule has 0 saturated carbocycles. The molecule has 0 aromatic heterocycles. The van der Waals surface area contributed by atoms with Crippen LogP contribution in [-0.2, 0) is 15.7 Å². The molecule has 8 heteroatoms. The smallest absolute Gasteiger partial charge is 0.378 e. The summed E-state index contributed by atoms with van der Waals surface area (Å²) in [7, 11) is 0. The van der Waals surface area contributed by atoms with Gasteiger partial charge < -0.3 is 9.64 Å². The van der Waals surface area contributed by atoms with Gasteiger partial charge >= 0.3 is 6.18 Å². The molecule has 0 radical (unpaired) electrons. The quantitative estimate of drug-likeness (QED) is 0.727. The summed E-state index contributed by atoms with van der Waals surface area (Å²) in [4.78, 5) is 18.6. The fourth-order valence-corrected chi connectivity index (χ4v) is 3.45. The number of aliphatic imine (C=N–C) groups is 1. The van der Waals surface area contributed by atoms with Crippen LogP contribution in [0.1, 0.15) is 18.1 Å². The molecule has 1 aromatic carbocycles. The molecule has 0 spiro atoms. The first-order valence-corrected chi connectivity index (χ1v) is 8.86. The molecule has 0 atom stereocenters. The number of carbonyl (C=O) groups excluding carboxylic acids is 1. The third-order valence-corrected chi connectivity index (χ3v) is 5.08. The number of rotatable bonds is 2. The van der Waals surface area contributed by atoms with E-state index in [1.807, 2.05) is 4.90 Å². The highest BCUT2D eigenvalue weighted by atomic mass is 32.2. The van der Waals surface area contributed by atoms with Gasteiger partial charge in [-0.3, -0.25) is 4.79 Å². The van der Waals surface area contributed by atoms with E-state index in [0.29, 0.717) is 47.5 Å². The summed E-state index contributed by atoms with van der Waals surface area (Å²) in [6.45, 7) is 4.28. The number of halogens is 3. The molecule has 138 valence electrons. The lowest BCUT2D eigenvalue weighted by Crippen LogP contribution is -2.38. The van der Waals surface area contributed by atoms with Crippen LogP contribution in [0, 0.1) is 0 Å². The van der Waals surface area contributed by atoms with Crippen LogP contribution in [0.4, 0.5) is 13.2 Å². The fourth-order valence-electron chi connectivity index (χ4n) is 2.54. The van der Waals surface area contributed by atoms with E-state index in [1.54, 1.807) is 25.1 Å². The lowest BCUT2D eigenvalue weighted by Gasteiger charge is -2.27. The number of alkyl halides is 3. The van der Waals surface area contributed by atoms with Gasteiger partial charge in [-0.25, -0.2) is 0 Å². The van der Waals surface area contributed by atoms with Gasteiger partial charge in [-0.05, 0) is 48.0 Å². The fraction of sp³-hybridized carbons (Fsp3) is 0.333. The van der Waals surface area contributed by atoms with Crippen LogP contribution >= 0.6 is 11.8 Å². The summed E-state index contributed by atoms with van der Waals surface area (Å²) in [6.07, 6.45) is -1.13. The summed E-state index contributed by atoms with van der Waals surface area (Å²) >= 11 is 1.28. The van der Waals surface area contributed by atoms with Gasteiger partial charge in [0.15, 0.2) is 5.17 Å². The minimum atomic E-state index is -4.38. The molecule has 1 fully saturated rings. The third-order valence-electron chi connectivity index (χ3n) is 4.02. The maximum Gasteiger partial charge on any atom is 0.416 e. The first-order valence-electron chi connectivity index (χ1n) is 8.04. The molecular formula is C18H17F3N2O2S. The van der Waals surface area contributed by atoms with Crippen LogP contribution < -0.4 is 0 Å². The van der Waals surface area contributed by atoms with Crippen LogP contribution in [0.5, 0.6) is 0 Å². The predicted octanol–water partition coefficient (Wildman–Crippen LogP) is 3.95.